The molecule has 0 bridgehead atoms. The Kier molecular flexibility index (Phi) is 3.90. The molecule has 1 aliphatic rings. The van der Waals surface area contributed by atoms with Gasteiger partial charge in [0.05, 0.1) is 12.7 Å². The normalized spacial score (nSPS) is 19.7. The van der Waals surface area contributed by atoms with Gasteiger partial charge < -0.3 is 4.74 Å². The summed E-state index contributed by atoms with van der Waals surface area (Å²) in [6, 6.07) is 2.09. The number of allylic oxidation sites excluding steroid dienone is 1. The fraction of sp³-hybridized carbons (Fsp3) is 0.667. The number of carbonyl (C=O) groups is 1. The van der Waals surface area contributed by atoms with Crippen LogP contribution in [-0.2, 0) is 9.53 Å². The summed E-state index contributed by atoms with van der Waals surface area (Å²) in [5.74, 6) is -0.416. The van der Waals surface area contributed by atoms with E-state index >= 15 is 0 Å². The predicted molar refractivity (Wildman–Crippen MR) is 56.9 cm³/mol. The van der Waals surface area contributed by atoms with Crippen molar-refractivity contribution in [2.24, 2.45) is 5.41 Å². The third kappa shape index (κ3) is 2.38. The third-order valence-electron chi connectivity index (χ3n) is 2.84. The molecule has 0 fully saturated rings. The van der Waals surface area contributed by atoms with E-state index in [-0.39, 0.29) is 0 Å². The van der Waals surface area contributed by atoms with Crippen LogP contribution in [0.4, 0.5) is 0 Å². The fourth-order valence-corrected chi connectivity index (χ4v) is 1.82. The first-order valence-corrected chi connectivity index (χ1v) is 5.43. The molecule has 0 saturated heterocycles. The molecule has 3 heteroatoms. The van der Waals surface area contributed by atoms with Gasteiger partial charge in [-0.1, -0.05) is 6.08 Å². The number of hydrogen-bond acceptors (Lipinski definition) is 3. The van der Waals surface area contributed by atoms with E-state index in [1.54, 1.807) is 13.8 Å². The van der Waals surface area contributed by atoms with Gasteiger partial charge in [-0.15, -0.1) is 0 Å². The average molecular weight is 207 g/mol. The van der Waals surface area contributed by atoms with Gasteiger partial charge in [0.25, 0.3) is 0 Å². The Hall–Kier alpha value is -1.30. The second-order valence-electron chi connectivity index (χ2n) is 3.93. The number of nitrogens with zero attached hydrogens (tertiary/aromatic N) is 1. The molecule has 0 amide bonds. The Labute approximate surface area is 90.7 Å². The number of hydrogen-bond donors (Lipinski definition) is 0. The molecule has 0 saturated carbocycles. The minimum absolute atomic E-state index is 0.323. The third-order valence-corrected chi connectivity index (χ3v) is 2.84. The molecule has 1 aliphatic carbocycles. The first kappa shape index (κ1) is 11.8. The Morgan fingerprint density at radius 1 is 1.67 bits per heavy atom. The van der Waals surface area contributed by atoms with Gasteiger partial charge in [-0.2, -0.15) is 5.26 Å². The summed E-state index contributed by atoms with van der Waals surface area (Å²) >= 11 is 0. The SMILES string of the molecule is CCOC(=O)C(C)(C#N)C1=CCCCC1. The van der Waals surface area contributed by atoms with Crippen LogP contribution in [0.1, 0.15) is 39.5 Å². The zero-order valence-electron chi connectivity index (χ0n) is 9.38. The summed E-state index contributed by atoms with van der Waals surface area (Å²) in [4.78, 5) is 11.7. The second-order valence-corrected chi connectivity index (χ2v) is 3.93. The zero-order valence-corrected chi connectivity index (χ0v) is 9.38. The predicted octanol–water partition coefficient (Wildman–Crippen LogP) is 2.58. The highest BCUT2D eigenvalue weighted by atomic mass is 16.5. The number of carbonyl (C=O) groups excluding carboxylic acids is 1. The number of rotatable bonds is 3. The maximum absolute atomic E-state index is 11.7. The maximum atomic E-state index is 11.7. The Morgan fingerprint density at radius 3 is 2.87 bits per heavy atom. The van der Waals surface area contributed by atoms with Gasteiger partial charge in [0.2, 0.25) is 0 Å². The molecule has 0 heterocycles. The van der Waals surface area contributed by atoms with E-state index in [1.807, 2.05) is 6.08 Å². The van der Waals surface area contributed by atoms with Crippen molar-refractivity contribution in [2.75, 3.05) is 6.61 Å². The van der Waals surface area contributed by atoms with Crippen molar-refractivity contribution in [3.63, 3.8) is 0 Å². The van der Waals surface area contributed by atoms with E-state index in [0.717, 1.165) is 31.3 Å². The van der Waals surface area contributed by atoms with Crippen molar-refractivity contribution in [1.82, 2.24) is 0 Å². The van der Waals surface area contributed by atoms with Crippen molar-refractivity contribution < 1.29 is 9.53 Å². The Balaban J connectivity index is 2.89. The number of ether oxygens (including phenoxy) is 1. The van der Waals surface area contributed by atoms with Gasteiger partial charge in [-0.3, -0.25) is 0 Å². The van der Waals surface area contributed by atoms with E-state index in [9.17, 15) is 4.79 Å². The monoisotopic (exact) mass is 207 g/mol. The summed E-state index contributed by atoms with van der Waals surface area (Å²) < 4.78 is 4.95. The van der Waals surface area contributed by atoms with Crippen molar-refractivity contribution in [3.05, 3.63) is 11.6 Å². The van der Waals surface area contributed by atoms with Gasteiger partial charge in [0.1, 0.15) is 0 Å². The molecule has 0 aromatic heterocycles. The molecule has 82 valence electrons. The lowest BCUT2D eigenvalue weighted by Gasteiger charge is -2.25. The van der Waals surface area contributed by atoms with Crippen molar-refractivity contribution >= 4 is 5.97 Å². The molecule has 0 N–H and O–H groups in total. The highest BCUT2D eigenvalue weighted by Crippen LogP contribution is 2.34. The standard InChI is InChI=1S/C12H17NO2/c1-3-15-11(14)12(2,9-13)10-7-5-4-6-8-10/h7H,3-6,8H2,1-2H3. The van der Waals surface area contributed by atoms with Gasteiger partial charge >= 0.3 is 5.97 Å². The summed E-state index contributed by atoms with van der Waals surface area (Å²) in [5, 5.41) is 9.14. The highest BCUT2D eigenvalue weighted by molar-refractivity contribution is 5.83. The van der Waals surface area contributed by atoms with Crippen LogP contribution in [0.5, 0.6) is 0 Å². The summed E-state index contributed by atoms with van der Waals surface area (Å²) in [6.07, 6.45) is 6.02. The van der Waals surface area contributed by atoms with E-state index < -0.39 is 11.4 Å². The molecule has 1 atom stereocenters. The molecule has 15 heavy (non-hydrogen) atoms. The lowest BCUT2D eigenvalue weighted by Crippen LogP contribution is -2.31. The second kappa shape index (κ2) is 4.97. The lowest BCUT2D eigenvalue weighted by molar-refractivity contribution is -0.149. The molecule has 0 spiro atoms. The smallest absolute Gasteiger partial charge is 0.330 e. The largest absolute Gasteiger partial charge is 0.465 e. The van der Waals surface area contributed by atoms with E-state index in [2.05, 4.69) is 6.07 Å². The zero-order chi connectivity index (χ0) is 11.3. The van der Waals surface area contributed by atoms with Crippen LogP contribution in [0.25, 0.3) is 0 Å². The quantitative estimate of drug-likeness (QED) is 0.528. The molecule has 0 radical (unpaired) electrons. The van der Waals surface area contributed by atoms with Gasteiger partial charge in [0.15, 0.2) is 5.41 Å². The Bertz CT molecular complexity index is 314. The minimum atomic E-state index is -1.07. The van der Waals surface area contributed by atoms with Crippen LogP contribution in [0.2, 0.25) is 0 Å². The summed E-state index contributed by atoms with van der Waals surface area (Å²) in [6.45, 7) is 3.73. The summed E-state index contributed by atoms with van der Waals surface area (Å²) in [5.41, 5.74) is -0.147. The van der Waals surface area contributed by atoms with Crippen LogP contribution < -0.4 is 0 Å². The molecule has 1 rings (SSSR count). The van der Waals surface area contributed by atoms with Crippen LogP contribution in [0.15, 0.2) is 11.6 Å². The molecular formula is C12H17NO2. The van der Waals surface area contributed by atoms with Crippen molar-refractivity contribution in [2.45, 2.75) is 39.5 Å². The lowest BCUT2D eigenvalue weighted by atomic mass is 9.78. The fourth-order valence-electron chi connectivity index (χ4n) is 1.82. The Morgan fingerprint density at radius 2 is 2.40 bits per heavy atom. The number of esters is 1. The first-order valence-electron chi connectivity index (χ1n) is 5.43. The summed E-state index contributed by atoms with van der Waals surface area (Å²) in [7, 11) is 0. The molecule has 1 unspecified atom stereocenters. The molecule has 0 aliphatic heterocycles. The molecule has 0 aromatic carbocycles. The minimum Gasteiger partial charge on any atom is -0.465 e. The molecule has 3 nitrogen and oxygen atoms in total. The molecule has 0 aromatic rings. The van der Waals surface area contributed by atoms with E-state index in [1.165, 1.54) is 0 Å². The topological polar surface area (TPSA) is 50.1 Å². The number of nitriles is 1. The van der Waals surface area contributed by atoms with Crippen molar-refractivity contribution in [1.29, 1.82) is 5.26 Å². The molecular weight excluding hydrogens is 190 g/mol. The first-order chi connectivity index (χ1) is 7.15. The van der Waals surface area contributed by atoms with Gasteiger partial charge in [0, 0.05) is 0 Å². The highest BCUT2D eigenvalue weighted by Gasteiger charge is 2.39. The van der Waals surface area contributed by atoms with Crippen molar-refractivity contribution in [3.8, 4) is 6.07 Å². The average Bonchev–Trinajstić information content (AvgIpc) is 2.29. The van der Waals surface area contributed by atoms with Gasteiger partial charge in [-0.05, 0) is 45.1 Å². The van der Waals surface area contributed by atoms with Crippen LogP contribution >= 0.6 is 0 Å². The van der Waals surface area contributed by atoms with Gasteiger partial charge in [-0.25, -0.2) is 4.79 Å². The van der Waals surface area contributed by atoms with E-state index in [4.69, 9.17) is 10.00 Å². The maximum Gasteiger partial charge on any atom is 0.330 e. The van der Waals surface area contributed by atoms with Crippen LogP contribution in [-0.4, -0.2) is 12.6 Å². The van der Waals surface area contributed by atoms with Crippen LogP contribution in [0.3, 0.4) is 0 Å². The van der Waals surface area contributed by atoms with Crippen LogP contribution in [0, 0.1) is 16.7 Å². The van der Waals surface area contributed by atoms with E-state index in [0.29, 0.717) is 6.61 Å².